The summed E-state index contributed by atoms with van der Waals surface area (Å²) >= 11 is 0. The fourth-order valence-corrected chi connectivity index (χ4v) is 2.47. The summed E-state index contributed by atoms with van der Waals surface area (Å²) < 4.78 is 13.7. The van der Waals surface area contributed by atoms with E-state index in [4.69, 9.17) is 0 Å². The molecule has 3 rings (SSSR count). The first kappa shape index (κ1) is 16.3. The first-order valence-electron chi connectivity index (χ1n) is 7.25. The molecule has 1 amide bonds. The number of amides is 1. The number of hydrogen-bond acceptors (Lipinski definition) is 4. The summed E-state index contributed by atoms with van der Waals surface area (Å²) in [5.41, 5.74) is -0.0496. The number of fused-ring (bicyclic) bond motifs is 1. The summed E-state index contributed by atoms with van der Waals surface area (Å²) in [6.07, 6.45) is 1.14. The number of pyridine rings is 1. The van der Waals surface area contributed by atoms with Gasteiger partial charge < -0.3 is 10.3 Å². The zero-order chi connectivity index (χ0) is 18.1. The molecule has 8 heteroatoms. The number of anilines is 1. The van der Waals surface area contributed by atoms with Crippen molar-refractivity contribution in [2.75, 3.05) is 5.32 Å². The number of nitrogens with one attached hydrogen (secondary N) is 2. The molecule has 0 saturated carbocycles. The monoisotopic (exact) mass is 341 g/mol. The second kappa shape index (κ2) is 6.16. The van der Waals surface area contributed by atoms with E-state index in [9.17, 15) is 24.1 Å². The van der Waals surface area contributed by atoms with E-state index in [1.54, 1.807) is 6.92 Å². The van der Waals surface area contributed by atoms with Crippen molar-refractivity contribution in [3.63, 3.8) is 0 Å². The van der Waals surface area contributed by atoms with Gasteiger partial charge in [0.2, 0.25) is 5.43 Å². The summed E-state index contributed by atoms with van der Waals surface area (Å²) in [5.74, 6) is -1.28. The predicted octanol–water partition coefficient (Wildman–Crippen LogP) is 3.14. The zero-order valence-electron chi connectivity index (χ0n) is 13.0. The van der Waals surface area contributed by atoms with Crippen LogP contribution in [0, 0.1) is 22.9 Å². The van der Waals surface area contributed by atoms with E-state index in [1.807, 2.05) is 0 Å². The SMILES string of the molecule is Cc1cc([N+](=O)[O-])ccc1NC(=O)c1c[nH]c2c(F)cccc2c1=O. The predicted molar refractivity (Wildman–Crippen MR) is 90.3 cm³/mol. The number of hydrogen-bond donors (Lipinski definition) is 2. The molecule has 0 aliphatic carbocycles. The number of aryl methyl sites for hydroxylation is 1. The van der Waals surface area contributed by atoms with E-state index >= 15 is 0 Å². The molecule has 0 bridgehead atoms. The van der Waals surface area contributed by atoms with Crippen molar-refractivity contribution in [2.24, 2.45) is 0 Å². The van der Waals surface area contributed by atoms with Crippen LogP contribution in [0.3, 0.4) is 0 Å². The van der Waals surface area contributed by atoms with Crippen molar-refractivity contribution >= 4 is 28.2 Å². The molecule has 25 heavy (non-hydrogen) atoms. The third-order valence-electron chi connectivity index (χ3n) is 3.78. The molecule has 0 fully saturated rings. The summed E-state index contributed by atoms with van der Waals surface area (Å²) in [6.45, 7) is 1.60. The number of nitrogens with zero attached hydrogens (tertiary/aromatic N) is 1. The minimum Gasteiger partial charge on any atom is -0.358 e. The molecule has 0 atom stereocenters. The first-order chi connectivity index (χ1) is 11.9. The molecular formula is C17H12FN3O4. The van der Waals surface area contributed by atoms with Crippen LogP contribution in [-0.2, 0) is 0 Å². The normalized spacial score (nSPS) is 10.6. The maximum Gasteiger partial charge on any atom is 0.269 e. The molecule has 3 aromatic rings. The van der Waals surface area contributed by atoms with Gasteiger partial charge in [0.15, 0.2) is 0 Å². The second-order valence-electron chi connectivity index (χ2n) is 5.40. The van der Waals surface area contributed by atoms with Crippen LogP contribution in [0.15, 0.2) is 47.4 Å². The molecule has 2 aromatic carbocycles. The topological polar surface area (TPSA) is 105 Å². The van der Waals surface area contributed by atoms with Gasteiger partial charge in [-0.15, -0.1) is 0 Å². The lowest BCUT2D eigenvalue weighted by Gasteiger charge is -2.08. The van der Waals surface area contributed by atoms with Gasteiger partial charge in [-0.05, 0) is 30.7 Å². The quantitative estimate of drug-likeness (QED) is 0.564. The Hall–Kier alpha value is -3.55. The fourth-order valence-electron chi connectivity index (χ4n) is 2.47. The standard InChI is InChI=1S/C17H12FN3O4/c1-9-7-10(21(24)25)5-6-14(9)20-17(23)12-8-19-15-11(16(12)22)3-2-4-13(15)18/h2-8H,1H3,(H,19,22)(H,20,23). The van der Waals surface area contributed by atoms with Crippen molar-refractivity contribution in [2.45, 2.75) is 6.92 Å². The highest BCUT2D eigenvalue weighted by Gasteiger charge is 2.16. The van der Waals surface area contributed by atoms with Crippen molar-refractivity contribution in [1.29, 1.82) is 0 Å². The van der Waals surface area contributed by atoms with E-state index in [0.29, 0.717) is 11.3 Å². The van der Waals surface area contributed by atoms with Crippen LogP contribution in [0.2, 0.25) is 0 Å². The van der Waals surface area contributed by atoms with Gasteiger partial charge in [0.05, 0.1) is 10.4 Å². The van der Waals surface area contributed by atoms with Crippen molar-refractivity contribution in [3.05, 3.63) is 79.9 Å². The second-order valence-corrected chi connectivity index (χ2v) is 5.40. The van der Waals surface area contributed by atoms with E-state index in [1.165, 1.54) is 36.4 Å². The van der Waals surface area contributed by atoms with Crippen molar-refractivity contribution < 1.29 is 14.1 Å². The number of carbonyl (C=O) groups is 1. The molecule has 0 aliphatic heterocycles. The van der Waals surface area contributed by atoms with Gasteiger partial charge in [-0.3, -0.25) is 19.7 Å². The number of carbonyl (C=O) groups excluding carboxylic acids is 1. The van der Waals surface area contributed by atoms with Crippen LogP contribution in [0.5, 0.6) is 0 Å². The lowest BCUT2D eigenvalue weighted by atomic mass is 10.1. The number of aromatic amines is 1. The van der Waals surface area contributed by atoms with Gasteiger partial charge in [-0.25, -0.2) is 4.39 Å². The van der Waals surface area contributed by atoms with Crippen LogP contribution in [0.25, 0.3) is 10.9 Å². The maximum absolute atomic E-state index is 13.7. The highest BCUT2D eigenvalue weighted by molar-refractivity contribution is 6.06. The lowest BCUT2D eigenvalue weighted by molar-refractivity contribution is -0.384. The number of nitro benzene ring substituents is 1. The molecule has 0 aliphatic rings. The van der Waals surface area contributed by atoms with E-state index in [2.05, 4.69) is 10.3 Å². The number of benzene rings is 2. The summed E-state index contributed by atoms with van der Waals surface area (Å²) in [6, 6.07) is 7.97. The minimum atomic E-state index is -0.690. The Kier molecular flexibility index (Phi) is 4.02. The molecule has 0 radical (unpaired) electrons. The van der Waals surface area contributed by atoms with Crippen LogP contribution in [0.4, 0.5) is 15.8 Å². The largest absolute Gasteiger partial charge is 0.358 e. The maximum atomic E-state index is 13.7. The highest BCUT2D eigenvalue weighted by atomic mass is 19.1. The first-order valence-corrected chi connectivity index (χ1v) is 7.25. The number of para-hydroxylation sites is 1. The Labute approximate surface area is 140 Å². The molecular weight excluding hydrogens is 329 g/mol. The van der Waals surface area contributed by atoms with Gasteiger partial charge in [-0.2, -0.15) is 0 Å². The molecule has 0 spiro atoms. The molecule has 1 aromatic heterocycles. The van der Waals surface area contributed by atoms with Crippen LogP contribution in [-0.4, -0.2) is 15.8 Å². The van der Waals surface area contributed by atoms with Gasteiger partial charge in [0.25, 0.3) is 11.6 Å². The van der Waals surface area contributed by atoms with Crippen molar-refractivity contribution in [3.8, 4) is 0 Å². The molecule has 2 N–H and O–H groups in total. The Morgan fingerprint density at radius 3 is 2.72 bits per heavy atom. The summed E-state index contributed by atoms with van der Waals surface area (Å²) in [5, 5.41) is 13.3. The summed E-state index contributed by atoms with van der Waals surface area (Å²) in [4.78, 5) is 37.6. The van der Waals surface area contributed by atoms with Gasteiger partial charge in [-0.1, -0.05) is 6.07 Å². The molecule has 7 nitrogen and oxygen atoms in total. The number of nitro groups is 1. The van der Waals surface area contributed by atoms with Gasteiger partial charge >= 0.3 is 0 Å². The number of aromatic nitrogens is 1. The average Bonchev–Trinajstić information content (AvgIpc) is 2.57. The third kappa shape index (κ3) is 2.97. The average molecular weight is 341 g/mol. The highest BCUT2D eigenvalue weighted by Crippen LogP contribution is 2.21. The molecule has 1 heterocycles. The number of rotatable bonds is 3. The Bertz CT molecular complexity index is 1080. The van der Waals surface area contributed by atoms with E-state index < -0.39 is 22.1 Å². The molecule has 0 saturated heterocycles. The van der Waals surface area contributed by atoms with Crippen LogP contribution in [0.1, 0.15) is 15.9 Å². The minimum absolute atomic E-state index is 0.0237. The smallest absolute Gasteiger partial charge is 0.269 e. The Balaban J connectivity index is 1.97. The Morgan fingerprint density at radius 2 is 2.04 bits per heavy atom. The molecule has 126 valence electrons. The molecule has 0 unspecified atom stereocenters. The van der Waals surface area contributed by atoms with E-state index in [0.717, 1.165) is 6.20 Å². The lowest BCUT2D eigenvalue weighted by Crippen LogP contribution is -2.22. The number of H-pyrrole nitrogens is 1. The van der Waals surface area contributed by atoms with Crippen LogP contribution < -0.4 is 10.7 Å². The number of non-ortho nitro benzene ring substituents is 1. The number of halogens is 1. The third-order valence-corrected chi connectivity index (χ3v) is 3.78. The zero-order valence-corrected chi connectivity index (χ0v) is 13.0. The fraction of sp³-hybridized carbons (Fsp3) is 0.0588. The Morgan fingerprint density at radius 1 is 1.28 bits per heavy atom. The van der Waals surface area contributed by atoms with Gasteiger partial charge in [0, 0.05) is 29.4 Å². The van der Waals surface area contributed by atoms with E-state index in [-0.39, 0.29) is 22.2 Å². The summed E-state index contributed by atoms with van der Waals surface area (Å²) in [7, 11) is 0. The van der Waals surface area contributed by atoms with Crippen molar-refractivity contribution in [1.82, 2.24) is 4.98 Å². The van der Waals surface area contributed by atoms with Gasteiger partial charge in [0.1, 0.15) is 11.4 Å². The van der Waals surface area contributed by atoms with Crippen LogP contribution >= 0.6 is 0 Å².